The molecule has 11 nitrogen and oxygen atoms in total. The van der Waals surface area contributed by atoms with Crippen LogP contribution in [-0.2, 0) is 24.4 Å². The van der Waals surface area contributed by atoms with E-state index in [0.29, 0.717) is 30.0 Å². The normalized spacial score (nSPS) is 20.2. The van der Waals surface area contributed by atoms with E-state index in [-0.39, 0.29) is 67.2 Å². The van der Waals surface area contributed by atoms with Gasteiger partial charge >= 0.3 is 12.1 Å². The number of fused-ring (bicyclic) bond motifs is 1. The lowest BCUT2D eigenvalue weighted by Crippen LogP contribution is -2.52. The van der Waals surface area contributed by atoms with Crippen LogP contribution in [0.15, 0.2) is 48.7 Å². The number of imidazole rings is 1. The fourth-order valence-electron chi connectivity index (χ4n) is 5.58. The molecule has 3 atom stereocenters. The van der Waals surface area contributed by atoms with Gasteiger partial charge in [0.1, 0.15) is 24.6 Å². The van der Waals surface area contributed by atoms with E-state index in [2.05, 4.69) is 15.0 Å². The molecule has 0 aliphatic carbocycles. The molecule has 1 unspecified atom stereocenters. The average molecular weight is 641 g/mol. The highest BCUT2D eigenvalue weighted by molar-refractivity contribution is 5.92. The monoisotopic (exact) mass is 640 g/mol. The highest BCUT2D eigenvalue weighted by atomic mass is 19.4. The Kier molecular flexibility index (Phi) is 8.74. The number of piperidine rings is 1. The lowest BCUT2D eigenvalue weighted by atomic mass is 9.98. The molecule has 15 heteroatoms. The van der Waals surface area contributed by atoms with Gasteiger partial charge in [0.15, 0.2) is 17.4 Å². The number of hydrogen-bond donors (Lipinski definition) is 1. The molecule has 46 heavy (non-hydrogen) atoms. The van der Waals surface area contributed by atoms with Crippen molar-refractivity contribution in [2.75, 3.05) is 13.2 Å². The van der Waals surface area contributed by atoms with Crippen LogP contribution in [0, 0.1) is 17.1 Å². The van der Waals surface area contributed by atoms with Crippen molar-refractivity contribution in [1.29, 1.82) is 5.26 Å². The van der Waals surface area contributed by atoms with E-state index in [4.69, 9.17) is 19.5 Å². The molecule has 0 amide bonds. The van der Waals surface area contributed by atoms with Crippen LogP contribution >= 0.6 is 0 Å². The van der Waals surface area contributed by atoms with E-state index in [1.165, 1.54) is 41.4 Å². The zero-order valence-corrected chi connectivity index (χ0v) is 24.3. The highest BCUT2D eigenvalue weighted by Gasteiger charge is 2.47. The first-order valence-electron chi connectivity index (χ1n) is 14.5. The van der Waals surface area contributed by atoms with E-state index in [1.54, 1.807) is 10.6 Å². The van der Waals surface area contributed by atoms with Crippen molar-refractivity contribution < 1.29 is 41.7 Å². The zero-order valence-electron chi connectivity index (χ0n) is 24.3. The number of halogens is 4. The molecule has 0 spiro atoms. The summed E-state index contributed by atoms with van der Waals surface area (Å²) in [6.07, 6.45) is -3.43. The molecule has 2 fully saturated rings. The van der Waals surface area contributed by atoms with Crippen LogP contribution in [0.1, 0.15) is 46.8 Å². The molecule has 2 aliphatic rings. The van der Waals surface area contributed by atoms with Crippen molar-refractivity contribution in [3.8, 4) is 17.7 Å². The average Bonchev–Trinajstić information content (AvgIpc) is 3.34. The first kappa shape index (κ1) is 31.2. The molecule has 1 N–H and O–H groups in total. The van der Waals surface area contributed by atoms with Crippen molar-refractivity contribution in [3.05, 3.63) is 77.3 Å². The summed E-state index contributed by atoms with van der Waals surface area (Å²) in [5.74, 6) is -1.37. The maximum Gasteiger partial charge on any atom is 0.404 e. The molecule has 0 saturated carbocycles. The number of aromatic carboxylic acids is 1. The molecule has 4 aromatic rings. The van der Waals surface area contributed by atoms with E-state index in [9.17, 15) is 27.5 Å². The van der Waals surface area contributed by atoms with Gasteiger partial charge in [-0.15, -0.1) is 0 Å². The van der Waals surface area contributed by atoms with Crippen LogP contribution < -0.4 is 9.47 Å². The molecule has 4 heterocycles. The fraction of sp³-hybridized carbons (Fsp3) is 0.387. The third kappa shape index (κ3) is 6.87. The first-order valence-corrected chi connectivity index (χ1v) is 14.5. The summed E-state index contributed by atoms with van der Waals surface area (Å²) < 4.78 is 76.1. The zero-order chi connectivity index (χ0) is 32.4. The Hall–Kier alpha value is -4.81. The Morgan fingerprint density at radius 2 is 1.98 bits per heavy atom. The third-order valence-electron chi connectivity index (χ3n) is 8.03. The smallest absolute Gasteiger partial charge is 0.404 e. The first-order chi connectivity index (χ1) is 22.1. The lowest BCUT2D eigenvalue weighted by molar-refractivity contribution is -0.200. The Morgan fingerprint density at radius 3 is 2.67 bits per heavy atom. The molecular formula is C31H28F4N6O5. The number of nitrogens with zero attached hydrogens (tertiary/aromatic N) is 6. The van der Waals surface area contributed by atoms with Gasteiger partial charge in [0.05, 0.1) is 47.4 Å². The maximum atomic E-state index is 14.4. The Morgan fingerprint density at radius 1 is 1.15 bits per heavy atom. The van der Waals surface area contributed by atoms with Gasteiger partial charge in [-0.2, -0.15) is 23.4 Å². The van der Waals surface area contributed by atoms with Gasteiger partial charge < -0.3 is 23.9 Å². The summed E-state index contributed by atoms with van der Waals surface area (Å²) in [7, 11) is 0. The summed E-state index contributed by atoms with van der Waals surface area (Å²) in [5, 5.41) is 18.4. The number of aromatic nitrogens is 4. The molecule has 6 rings (SSSR count). The number of carboxylic acid groups (broad SMARTS) is 1. The number of benzene rings is 2. The fourth-order valence-corrected chi connectivity index (χ4v) is 5.58. The summed E-state index contributed by atoms with van der Waals surface area (Å²) >= 11 is 0. The topological polar surface area (TPSA) is 136 Å². The van der Waals surface area contributed by atoms with Crippen molar-refractivity contribution in [1.82, 2.24) is 24.4 Å². The Labute approximate surface area is 260 Å². The van der Waals surface area contributed by atoms with Gasteiger partial charge in [-0.25, -0.2) is 19.2 Å². The second-order valence-electron chi connectivity index (χ2n) is 11.1. The van der Waals surface area contributed by atoms with Crippen LogP contribution in [-0.4, -0.2) is 73.1 Å². The standard InChI is InChI=1S/C31H28F4N6O5/c32-22-11-18(14-36)1-4-25(22)45-17-27-37-8-5-29(39-27)46-20-6-9-40(26(13-20)31(33,34)35)16-28-38-23-3-2-19(30(42)43)12-24(23)41(28)15-21-7-10-44-21/h1-5,8,11-12,20-21,26H,6-7,9-10,13,15-17H2,(H,42,43)/t20?,21-,26+/m0/s1. The van der Waals surface area contributed by atoms with Crippen LogP contribution in [0.2, 0.25) is 0 Å². The summed E-state index contributed by atoms with van der Waals surface area (Å²) in [5.41, 5.74) is 1.21. The third-order valence-corrected chi connectivity index (χ3v) is 8.03. The number of rotatable bonds is 10. The molecule has 2 saturated heterocycles. The molecule has 240 valence electrons. The number of nitriles is 1. The second-order valence-corrected chi connectivity index (χ2v) is 11.1. The number of likely N-dealkylation sites (tertiary alicyclic amines) is 1. The van der Waals surface area contributed by atoms with Gasteiger partial charge in [0.2, 0.25) is 5.88 Å². The van der Waals surface area contributed by atoms with Crippen molar-refractivity contribution >= 4 is 17.0 Å². The highest BCUT2D eigenvalue weighted by Crippen LogP contribution is 2.35. The molecule has 0 radical (unpaired) electrons. The predicted molar refractivity (Wildman–Crippen MR) is 152 cm³/mol. The summed E-state index contributed by atoms with van der Waals surface area (Å²) in [6.45, 7) is 0.652. The van der Waals surface area contributed by atoms with Crippen molar-refractivity contribution in [3.63, 3.8) is 0 Å². The van der Waals surface area contributed by atoms with Crippen LogP contribution in [0.5, 0.6) is 11.6 Å². The van der Waals surface area contributed by atoms with Crippen molar-refractivity contribution in [2.45, 2.75) is 63.4 Å². The van der Waals surface area contributed by atoms with Gasteiger partial charge in [-0.05, 0) is 49.2 Å². The Balaban J connectivity index is 1.15. The maximum absolute atomic E-state index is 14.4. The SMILES string of the molecule is N#Cc1ccc(OCc2nccc(OC3CCN(Cc4nc5ccc(C(=O)O)cc5n4C[C@@H]4CCO4)[C@@H](C(F)(F)F)C3)n2)c(F)c1. The minimum Gasteiger partial charge on any atom is -0.483 e. The van der Waals surface area contributed by atoms with Gasteiger partial charge in [-0.3, -0.25) is 4.90 Å². The van der Waals surface area contributed by atoms with Crippen molar-refractivity contribution in [2.24, 2.45) is 0 Å². The van der Waals surface area contributed by atoms with Crippen LogP contribution in [0.25, 0.3) is 11.0 Å². The number of carbonyl (C=O) groups is 1. The molecule has 2 aliphatic heterocycles. The Bertz CT molecular complexity index is 1790. The lowest BCUT2D eigenvalue weighted by Gasteiger charge is -2.40. The molecular weight excluding hydrogens is 612 g/mol. The van der Waals surface area contributed by atoms with Gasteiger partial charge in [0, 0.05) is 31.8 Å². The van der Waals surface area contributed by atoms with E-state index in [0.717, 1.165) is 12.5 Å². The number of carboxylic acids is 1. The number of alkyl halides is 3. The van der Waals surface area contributed by atoms with Crippen LogP contribution in [0.4, 0.5) is 17.6 Å². The second kappa shape index (κ2) is 12.9. The van der Waals surface area contributed by atoms with Gasteiger partial charge in [0.25, 0.3) is 0 Å². The molecule has 2 aromatic heterocycles. The van der Waals surface area contributed by atoms with E-state index in [1.807, 2.05) is 6.07 Å². The summed E-state index contributed by atoms with van der Waals surface area (Å²) in [4.78, 5) is 25.8. The minimum absolute atomic E-state index is 0.0530. The number of hydrogen-bond acceptors (Lipinski definition) is 9. The van der Waals surface area contributed by atoms with E-state index < -0.39 is 30.1 Å². The molecule has 0 bridgehead atoms. The number of ether oxygens (including phenoxy) is 3. The summed E-state index contributed by atoms with van der Waals surface area (Å²) in [6, 6.07) is 9.62. The largest absolute Gasteiger partial charge is 0.483 e. The molecule has 2 aromatic carbocycles. The van der Waals surface area contributed by atoms with E-state index >= 15 is 0 Å². The van der Waals surface area contributed by atoms with Gasteiger partial charge in [-0.1, -0.05) is 0 Å². The quantitative estimate of drug-likeness (QED) is 0.239. The van der Waals surface area contributed by atoms with Crippen LogP contribution in [0.3, 0.4) is 0 Å². The predicted octanol–water partition coefficient (Wildman–Crippen LogP) is 4.88. The minimum atomic E-state index is -4.57.